The minimum atomic E-state index is -0.896. The third-order valence-electron chi connectivity index (χ3n) is 3.46. The molecule has 11 heteroatoms. The fourth-order valence-electron chi connectivity index (χ4n) is 2.21. The topological polar surface area (TPSA) is 150 Å². The molecule has 2 rings (SSSR count). The molecule has 0 saturated heterocycles. The number of carbonyl (C=O) groups excluding carboxylic acids is 2. The summed E-state index contributed by atoms with van der Waals surface area (Å²) in [5, 5.41) is 13.6. The van der Waals surface area contributed by atoms with Crippen molar-refractivity contribution in [1.29, 1.82) is 0 Å². The molecule has 0 aliphatic heterocycles. The quantitative estimate of drug-likeness (QED) is 0.320. The van der Waals surface area contributed by atoms with Crippen LogP contribution in [0.15, 0.2) is 46.6 Å². The highest BCUT2D eigenvalue weighted by atomic mass is 16.8. The maximum atomic E-state index is 11.6. The van der Waals surface area contributed by atoms with Crippen molar-refractivity contribution in [2.45, 2.75) is 20.1 Å². The molecule has 0 aliphatic rings. The zero-order valence-electron chi connectivity index (χ0n) is 16.9. The average Bonchev–Trinajstić information content (AvgIpc) is 2.68. The SMILES string of the molecule is CCOC(=O)OC(C)Oc1ccccc1/N=N/c1ccc(NC(=O)CNC)nc1N. The predicted octanol–water partition coefficient (Wildman–Crippen LogP) is 3.14. The molecule has 4 N–H and O–H groups in total. The molecular weight excluding hydrogens is 392 g/mol. The lowest BCUT2D eigenvalue weighted by Gasteiger charge is -2.15. The molecule has 1 aromatic heterocycles. The Morgan fingerprint density at radius 1 is 1.17 bits per heavy atom. The van der Waals surface area contributed by atoms with Crippen LogP contribution in [0.2, 0.25) is 0 Å². The zero-order chi connectivity index (χ0) is 21.9. The molecule has 0 aliphatic carbocycles. The maximum absolute atomic E-state index is 11.6. The van der Waals surface area contributed by atoms with Gasteiger partial charge >= 0.3 is 6.16 Å². The zero-order valence-corrected chi connectivity index (χ0v) is 16.9. The molecule has 30 heavy (non-hydrogen) atoms. The Morgan fingerprint density at radius 3 is 2.60 bits per heavy atom. The first-order valence-electron chi connectivity index (χ1n) is 9.14. The summed E-state index contributed by atoms with van der Waals surface area (Å²) in [6.45, 7) is 3.57. The molecule has 1 atom stereocenters. The number of carbonyl (C=O) groups is 2. The van der Waals surface area contributed by atoms with E-state index in [-0.39, 0.29) is 24.9 Å². The van der Waals surface area contributed by atoms with Gasteiger partial charge in [-0.25, -0.2) is 9.78 Å². The Kier molecular flexibility index (Phi) is 8.51. The predicted molar refractivity (Wildman–Crippen MR) is 110 cm³/mol. The highest BCUT2D eigenvalue weighted by Gasteiger charge is 2.13. The van der Waals surface area contributed by atoms with Crippen molar-refractivity contribution in [2.75, 3.05) is 31.2 Å². The molecule has 1 unspecified atom stereocenters. The van der Waals surface area contributed by atoms with Crippen molar-refractivity contribution in [2.24, 2.45) is 10.2 Å². The monoisotopic (exact) mass is 416 g/mol. The van der Waals surface area contributed by atoms with Crippen LogP contribution in [-0.4, -0.2) is 43.5 Å². The van der Waals surface area contributed by atoms with Gasteiger partial charge in [-0.3, -0.25) is 4.79 Å². The molecule has 1 heterocycles. The van der Waals surface area contributed by atoms with Gasteiger partial charge in [0.15, 0.2) is 11.6 Å². The second kappa shape index (κ2) is 11.3. The number of pyridine rings is 1. The Morgan fingerprint density at radius 2 is 1.90 bits per heavy atom. The standard InChI is InChI=1S/C19H24N6O5/c1-4-28-19(27)30-12(2)29-15-8-6-5-7-13(15)24-25-14-9-10-16(23-18(14)20)22-17(26)11-21-3/h5-10,12,21H,4,11H2,1-3H3,(H3,20,22,23,26)/b25-24+. The number of anilines is 2. The van der Waals surface area contributed by atoms with E-state index in [2.05, 4.69) is 25.8 Å². The third-order valence-corrected chi connectivity index (χ3v) is 3.46. The molecule has 0 bridgehead atoms. The number of nitrogens with one attached hydrogen (secondary N) is 2. The Balaban J connectivity index is 2.09. The Bertz CT molecular complexity index is 905. The van der Waals surface area contributed by atoms with Crippen LogP contribution in [0.1, 0.15) is 13.8 Å². The van der Waals surface area contributed by atoms with Crippen LogP contribution in [0.3, 0.4) is 0 Å². The lowest BCUT2D eigenvalue weighted by Crippen LogP contribution is -2.25. The van der Waals surface area contributed by atoms with Crippen LogP contribution >= 0.6 is 0 Å². The van der Waals surface area contributed by atoms with Gasteiger partial charge < -0.3 is 30.6 Å². The molecule has 0 radical (unpaired) electrons. The number of aromatic nitrogens is 1. The van der Waals surface area contributed by atoms with Crippen molar-refractivity contribution in [3.63, 3.8) is 0 Å². The fraction of sp³-hybridized carbons (Fsp3) is 0.316. The second-order valence-corrected chi connectivity index (χ2v) is 5.83. The summed E-state index contributed by atoms with van der Waals surface area (Å²) in [7, 11) is 1.66. The van der Waals surface area contributed by atoms with Gasteiger partial charge in [-0.05, 0) is 38.2 Å². The Labute approximate surface area is 173 Å². The number of nitrogens with two attached hydrogens (primary N) is 1. The van der Waals surface area contributed by atoms with Crippen LogP contribution in [-0.2, 0) is 14.3 Å². The summed E-state index contributed by atoms with van der Waals surface area (Å²) in [5.74, 6) is 0.503. The number of amides is 1. The summed E-state index contributed by atoms with van der Waals surface area (Å²) in [4.78, 5) is 27.1. The summed E-state index contributed by atoms with van der Waals surface area (Å²) in [6.07, 6.45) is -1.72. The molecule has 0 fully saturated rings. The number of ether oxygens (including phenoxy) is 3. The second-order valence-electron chi connectivity index (χ2n) is 5.83. The number of nitrogen functional groups attached to an aromatic ring is 1. The first kappa shape index (κ1) is 22.6. The fourth-order valence-corrected chi connectivity index (χ4v) is 2.21. The average molecular weight is 416 g/mol. The molecule has 0 saturated carbocycles. The van der Waals surface area contributed by atoms with E-state index in [1.54, 1.807) is 57.3 Å². The summed E-state index contributed by atoms with van der Waals surface area (Å²) < 4.78 is 15.3. The summed E-state index contributed by atoms with van der Waals surface area (Å²) in [5.41, 5.74) is 6.61. The largest absolute Gasteiger partial charge is 0.511 e. The van der Waals surface area contributed by atoms with E-state index in [0.717, 1.165) is 0 Å². The van der Waals surface area contributed by atoms with Crippen molar-refractivity contribution in [1.82, 2.24) is 10.3 Å². The van der Waals surface area contributed by atoms with Crippen molar-refractivity contribution >= 4 is 35.1 Å². The molecular formula is C19H24N6O5. The van der Waals surface area contributed by atoms with E-state index in [0.29, 0.717) is 22.9 Å². The van der Waals surface area contributed by atoms with E-state index in [1.165, 1.54) is 0 Å². The van der Waals surface area contributed by atoms with Gasteiger partial charge in [0.25, 0.3) is 0 Å². The number of likely N-dealkylation sites (N-methyl/N-ethyl adjacent to an activating group) is 1. The van der Waals surface area contributed by atoms with Crippen molar-refractivity contribution in [3.05, 3.63) is 36.4 Å². The van der Waals surface area contributed by atoms with Crippen molar-refractivity contribution in [3.8, 4) is 5.75 Å². The number of rotatable bonds is 9. The first-order valence-corrected chi connectivity index (χ1v) is 9.14. The van der Waals surface area contributed by atoms with E-state index in [4.69, 9.17) is 19.9 Å². The molecule has 1 aromatic carbocycles. The summed E-state index contributed by atoms with van der Waals surface area (Å²) in [6, 6.07) is 9.96. The number of hydrogen-bond acceptors (Lipinski definition) is 10. The van der Waals surface area contributed by atoms with Gasteiger partial charge in [0.05, 0.1) is 13.2 Å². The van der Waals surface area contributed by atoms with E-state index in [9.17, 15) is 9.59 Å². The molecule has 1 amide bonds. The van der Waals surface area contributed by atoms with Gasteiger partial charge in [-0.15, -0.1) is 10.2 Å². The van der Waals surface area contributed by atoms with E-state index in [1.807, 2.05) is 0 Å². The van der Waals surface area contributed by atoms with Gasteiger partial charge in [-0.2, -0.15) is 0 Å². The van der Waals surface area contributed by atoms with E-state index < -0.39 is 12.4 Å². The highest BCUT2D eigenvalue weighted by molar-refractivity contribution is 5.91. The van der Waals surface area contributed by atoms with Crippen LogP contribution in [0.5, 0.6) is 5.75 Å². The van der Waals surface area contributed by atoms with Gasteiger partial charge in [0, 0.05) is 6.92 Å². The van der Waals surface area contributed by atoms with Gasteiger partial charge in [-0.1, -0.05) is 12.1 Å². The van der Waals surface area contributed by atoms with Gasteiger partial charge in [0.1, 0.15) is 17.2 Å². The number of hydrogen-bond donors (Lipinski definition) is 3. The van der Waals surface area contributed by atoms with E-state index >= 15 is 0 Å². The smallest absolute Gasteiger partial charge is 0.453 e. The van der Waals surface area contributed by atoms with Crippen LogP contribution in [0.4, 0.5) is 27.8 Å². The van der Waals surface area contributed by atoms with Gasteiger partial charge in [0.2, 0.25) is 12.2 Å². The number of para-hydroxylation sites is 1. The molecule has 11 nitrogen and oxygen atoms in total. The molecule has 160 valence electrons. The number of nitrogens with zero attached hydrogens (tertiary/aromatic N) is 3. The first-order chi connectivity index (χ1) is 14.4. The molecule has 2 aromatic rings. The van der Waals surface area contributed by atoms with Crippen molar-refractivity contribution < 1.29 is 23.8 Å². The molecule has 0 spiro atoms. The minimum absolute atomic E-state index is 0.0958. The third kappa shape index (κ3) is 7.02. The highest BCUT2D eigenvalue weighted by Crippen LogP contribution is 2.31. The van der Waals surface area contributed by atoms with Crippen LogP contribution in [0.25, 0.3) is 0 Å². The lowest BCUT2D eigenvalue weighted by molar-refractivity contribution is -0.115. The van der Waals surface area contributed by atoms with Crippen LogP contribution in [0, 0.1) is 0 Å². The Hall–Kier alpha value is -3.73. The lowest BCUT2D eigenvalue weighted by atomic mass is 10.3. The maximum Gasteiger partial charge on any atom is 0.511 e. The van der Waals surface area contributed by atoms with Crippen LogP contribution < -0.4 is 21.1 Å². The summed E-state index contributed by atoms with van der Waals surface area (Å²) >= 11 is 0. The minimum Gasteiger partial charge on any atom is -0.453 e. The normalized spacial score (nSPS) is 11.7. The number of benzene rings is 1. The number of azo groups is 1.